The molecule has 0 aromatic heterocycles. The second-order valence-corrected chi connectivity index (χ2v) is 10.6. The second kappa shape index (κ2) is 8.77. The summed E-state index contributed by atoms with van der Waals surface area (Å²) in [6.45, 7) is 4.51. The first-order valence-electron chi connectivity index (χ1n) is 13.5. The lowest BCUT2D eigenvalue weighted by Crippen LogP contribution is -2.54. The number of nitrogens with zero attached hydrogens (tertiary/aromatic N) is 2. The summed E-state index contributed by atoms with van der Waals surface area (Å²) < 4.78 is 5.59. The molecule has 3 aliphatic carbocycles. The van der Waals surface area contributed by atoms with E-state index in [0.717, 1.165) is 33.5 Å². The van der Waals surface area contributed by atoms with Crippen molar-refractivity contribution >= 4 is 29.4 Å². The molecule has 1 saturated heterocycles. The van der Waals surface area contributed by atoms with Crippen LogP contribution in [0.2, 0.25) is 0 Å². The SMILES string of the molecule is CCOc1ccc(N2C(=O)[C@@H]3C4c5ccccc5C(C=Nc5cccc(C)c5)(c5ccccc54)[C@H]3C2=O)cc1. The third-order valence-electron chi connectivity index (χ3n) is 8.51. The van der Waals surface area contributed by atoms with Gasteiger partial charge in [-0.2, -0.15) is 0 Å². The standard InChI is InChI=1S/C34H28N2O3/c1-3-39-24-17-15-23(16-18-24)36-32(37)30-29-25-11-4-6-13-27(25)34(31(30)33(36)38,28-14-7-5-12-26(28)29)20-35-22-10-8-9-21(2)19-22/h4-20,29-31H,3H2,1-2H3/t29?,30-,31-,34?/m1/s1. The lowest BCUT2D eigenvalue weighted by Gasteiger charge is -2.52. The Labute approximate surface area is 227 Å². The fraction of sp³-hybridized carbons (Fsp3) is 0.206. The molecule has 0 N–H and O–H groups in total. The van der Waals surface area contributed by atoms with Crippen molar-refractivity contribution in [3.63, 3.8) is 0 Å². The van der Waals surface area contributed by atoms with Gasteiger partial charge in [0.2, 0.25) is 11.8 Å². The fourth-order valence-corrected chi connectivity index (χ4v) is 7.05. The Kier molecular flexibility index (Phi) is 5.31. The molecule has 4 aromatic carbocycles. The first-order valence-corrected chi connectivity index (χ1v) is 13.5. The van der Waals surface area contributed by atoms with Gasteiger partial charge in [-0.3, -0.25) is 14.6 Å². The number of amides is 2. The summed E-state index contributed by atoms with van der Waals surface area (Å²) >= 11 is 0. The molecule has 2 bridgehead atoms. The van der Waals surface area contributed by atoms with Crippen LogP contribution in [0, 0.1) is 18.8 Å². The molecule has 1 fully saturated rings. The molecule has 192 valence electrons. The predicted molar refractivity (Wildman–Crippen MR) is 152 cm³/mol. The Morgan fingerprint density at radius 2 is 1.51 bits per heavy atom. The molecule has 4 aromatic rings. The van der Waals surface area contributed by atoms with Gasteiger partial charge >= 0.3 is 0 Å². The van der Waals surface area contributed by atoms with Crippen LogP contribution in [0.5, 0.6) is 5.75 Å². The summed E-state index contributed by atoms with van der Waals surface area (Å²) in [6.07, 6.45) is 1.94. The van der Waals surface area contributed by atoms with Crippen molar-refractivity contribution in [2.75, 3.05) is 11.5 Å². The van der Waals surface area contributed by atoms with Gasteiger partial charge in [0, 0.05) is 12.1 Å². The van der Waals surface area contributed by atoms with Crippen LogP contribution in [0.4, 0.5) is 11.4 Å². The molecule has 8 rings (SSSR count). The van der Waals surface area contributed by atoms with Crippen molar-refractivity contribution < 1.29 is 14.3 Å². The Hall–Kier alpha value is -4.51. The number of hydrogen-bond donors (Lipinski definition) is 0. The van der Waals surface area contributed by atoms with E-state index in [1.165, 1.54) is 4.90 Å². The smallest absolute Gasteiger partial charge is 0.239 e. The minimum Gasteiger partial charge on any atom is -0.494 e. The topological polar surface area (TPSA) is 59.0 Å². The molecule has 2 amide bonds. The zero-order valence-electron chi connectivity index (χ0n) is 21.9. The van der Waals surface area contributed by atoms with Crippen molar-refractivity contribution in [1.82, 2.24) is 0 Å². The van der Waals surface area contributed by atoms with Gasteiger partial charge in [-0.1, -0.05) is 60.7 Å². The number of aliphatic imine (C=N–C) groups is 1. The molecule has 0 radical (unpaired) electrons. The summed E-state index contributed by atoms with van der Waals surface area (Å²) in [5.41, 5.74) is 5.95. The van der Waals surface area contributed by atoms with Gasteiger partial charge in [0.1, 0.15) is 5.75 Å². The van der Waals surface area contributed by atoms with Crippen LogP contribution in [0.15, 0.2) is 102 Å². The Morgan fingerprint density at radius 3 is 2.15 bits per heavy atom. The van der Waals surface area contributed by atoms with Gasteiger partial charge < -0.3 is 4.74 Å². The second-order valence-electron chi connectivity index (χ2n) is 10.6. The molecule has 1 heterocycles. The quantitative estimate of drug-likeness (QED) is 0.231. The number of anilines is 1. The summed E-state index contributed by atoms with van der Waals surface area (Å²) in [5, 5.41) is 0. The van der Waals surface area contributed by atoms with Gasteiger partial charge in [0.05, 0.1) is 35.2 Å². The Balaban J connectivity index is 1.45. The van der Waals surface area contributed by atoms with Crippen LogP contribution < -0.4 is 9.64 Å². The first kappa shape index (κ1) is 23.6. The predicted octanol–water partition coefficient (Wildman–Crippen LogP) is 6.35. The lowest BCUT2D eigenvalue weighted by atomic mass is 9.47. The molecule has 1 aliphatic heterocycles. The number of rotatable bonds is 5. The lowest BCUT2D eigenvalue weighted by molar-refractivity contribution is -0.122. The monoisotopic (exact) mass is 512 g/mol. The van der Waals surface area contributed by atoms with Crippen molar-refractivity contribution in [1.29, 1.82) is 0 Å². The largest absolute Gasteiger partial charge is 0.494 e. The van der Waals surface area contributed by atoms with Gasteiger partial charge in [-0.25, -0.2) is 4.90 Å². The van der Waals surface area contributed by atoms with Crippen LogP contribution >= 0.6 is 0 Å². The number of aryl methyl sites for hydroxylation is 1. The molecule has 5 nitrogen and oxygen atoms in total. The van der Waals surface area contributed by atoms with E-state index >= 15 is 0 Å². The van der Waals surface area contributed by atoms with Crippen molar-refractivity contribution in [2.24, 2.45) is 16.8 Å². The molecule has 0 saturated carbocycles. The number of carbonyl (C=O) groups is 2. The number of benzene rings is 4. The van der Waals surface area contributed by atoms with E-state index in [1.54, 1.807) is 12.1 Å². The van der Waals surface area contributed by atoms with Gasteiger partial charge in [0.15, 0.2) is 0 Å². The molecule has 0 spiro atoms. The van der Waals surface area contributed by atoms with E-state index in [9.17, 15) is 9.59 Å². The van der Waals surface area contributed by atoms with E-state index in [4.69, 9.17) is 9.73 Å². The maximum Gasteiger partial charge on any atom is 0.239 e. The highest BCUT2D eigenvalue weighted by molar-refractivity contribution is 6.25. The molecule has 39 heavy (non-hydrogen) atoms. The third kappa shape index (κ3) is 3.29. The highest BCUT2D eigenvalue weighted by atomic mass is 16.5. The molecule has 0 unspecified atom stereocenters. The summed E-state index contributed by atoms with van der Waals surface area (Å²) in [4.78, 5) is 35.1. The highest BCUT2D eigenvalue weighted by Crippen LogP contribution is 2.63. The first-order chi connectivity index (χ1) is 19.0. The van der Waals surface area contributed by atoms with Crippen molar-refractivity contribution in [2.45, 2.75) is 25.2 Å². The maximum absolute atomic E-state index is 14.5. The van der Waals surface area contributed by atoms with E-state index in [0.29, 0.717) is 18.0 Å². The van der Waals surface area contributed by atoms with E-state index < -0.39 is 17.3 Å². The van der Waals surface area contributed by atoms with Crippen LogP contribution in [0.3, 0.4) is 0 Å². The summed E-state index contributed by atoms with van der Waals surface area (Å²) in [7, 11) is 0. The van der Waals surface area contributed by atoms with Crippen LogP contribution in [-0.4, -0.2) is 24.6 Å². The molecule has 4 aliphatic rings. The molecule has 2 atom stereocenters. The van der Waals surface area contributed by atoms with Gasteiger partial charge in [0.25, 0.3) is 0 Å². The van der Waals surface area contributed by atoms with Crippen molar-refractivity contribution in [3.8, 4) is 5.75 Å². The van der Waals surface area contributed by atoms with Gasteiger partial charge in [-0.05, 0) is 78.1 Å². The van der Waals surface area contributed by atoms with Crippen LogP contribution in [0.25, 0.3) is 0 Å². The minimum atomic E-state index is -0.872. The van der Waals surface area contributed by atoms with Crippen molar-refractivity contribution in [3.05, 3.63) is 125 Å². The number of imide groups is 1. The molecule has 5 heteroatoms. The Bertz CT molecular complexity index is 1610. The summed E-state index contributed by atoms with van der Waals surface area (Å²) in [6, 6.07) is 31.8. The highest BCUT2D eigenvalue weighted by Gasteiger charge is 2.67. The average molecular weight is 513 g/mol. The average Bonchev–Trinajstić information content (AvgIpc) is 3.23. The van der Waals surface area contributed by atoms with E-state index in [1.807, 2.05) is 80.7 Å². The maximum atomic E-state index is 14.5. The number of ether oxygens (including phenoxy) is 1. The molecular weight excluding hydrogens is 484 g/mol. The van der Waals surface area contributed by atoms with E-state index in [2.05, 4.69) is 24.3 Å². The zero-order chi connectivity index (χ0) is 26.7. The van der Waals surface area contributed by atoms with E-state index in [-0.39, 0.29) is 17.7 Å². The number of hydrogen-bond acceptors (Lipinski definition) is 4. The fourth-order valence-electron chi connectivity index (χ4n) is 7.05. The minimum absolute atomic E-state index is 0.156. The number of carbonyl (C=O) groups excluding carboxylic acids is 2. The van der Waals surface area contributed by atoms with Crippen LogP contribution in [-0.2, 0) is 15.0 Å². The third-order valence-corrected chi connectivity index (χ3v) is 8.51. The molecular formula is C34H28N2O3. The summed E-state index contributed by atoms with van der Waals surface area (Å²) in [5.74, 6) is -0.937. The van der Waals surface area contributed by atoms with Gasteiger partial charge in [-0.15, -0.1) is 0 Å². The zero-order valence-corrected chi connectivity index (χ0v) is 21.9. The normalized spacial score (nSPS) is 24.6. The van der Waals surface area contributed by atoms with Crippen LogP contribution in [0.1, 0.15) is 40.7 Å². The Morgan fingerprint density at radius 1 is 0.846 bits per heavy atom.